The molecule has 1 unspecified atom stereocenters. The first-order chi connectivity index (χ1) is 5.43. The Labute approximate surface area is 65.9 Å². The zero-order chi connectivity index (χ0) is 7.94. The number of alkyl halides is 1. The minimum atomic E-state index is -0.417. The third-order valence-electron chi connectivity index (χ3n) is 1.53. The fourth-order valence-electron chi connectivity index (χ4n) is 0.996. The Morgan fingerprint density at radius 1 is 1.64 bits per heavy atom. The Morgan fingerprint density at radius 2 is 2.55 bits per heavy atom. The van der Waals surface area contributed by atoms with Gasteiger partial charge in [0.2, 0.25) is 0 Å². The maximum atomic E-state index is 11.6. The van der Waals surface area contributed by atoms with Crippen LogP contribution in [-0.4, -0.2) is 45.7 Å². The van der Waals surface area contributed by atoms with E-state index in [9.17, 15) is 4.39 Å². The summed E-state index contributed by atoms with van der Waals surface area (Å²) < 4.78 is 21.9. The molecule has 1 rings (SSSR count). The van der Waals surface area contributed by atoms with E-state index in [0.29, 0.717) is 6.61 Å². The number of ether oxygens (including phenoxy) is 2. The zero-order valence-corrected chi connectivity index (χ0v) is 6.51. The second kappa shape index (κ2) is 5.46. The number of morpholine rings is 1. The van der Waals surface area contributed by atoms with Crippen molar-refractivity contribution in [1.82, 2.24) is 5.32 Å². The van der Waals surface area contributed by atoms with Gasteiger partial charge in [0.05, 0.1) is 25.9 Å². The summed E-state index contributed by atoms with van der Waals surface area (Å²) >= 11 is 0. The molecule has 0 aromatic carbocycles. The number of rotatable bonds is 4. The molecule has 0 aromatic heterocycles. The van der Waals surface area contributed by atoms with E-state index in [0.717, 1.165) is 19.7 Å². The molecule has 3 nitrogen and oxygen atoms in total. The summed E-state index contributed by atoms with van der Waals surface area (Å²) in [6, 6.07) is 0. The lowest BCUT2D eigenvalue weighted by Crippen LogP contribution is -2.41. The summed E-state index contributed by atoms with van der Waals surface area (Å²) in [5.74, 6) is 0. The van der Waals surface area contributed by atoms with E-state index < -0.39 is 6.67 Å². The van der Waals surface area contributed by atoms with Gasteiger partial charge in [-0.3, -0.25) is 0 Å². The van der Waals surface area contributed by atoms with Gasteiger partial charge >= 0.3 is 0 Å². The molecule has 11 heavy (non-hydrogen) atoms. The van der Waals surface area contributed by atoms with Crippen molar-refractivity contribution >= 4 is 0 Å². The SMILES string of the molecule is FCCOCC1CNCCO1. The predicted octanol–water partition coefficient (Wildman–Crippen LogP) is -0.0391. The minimum Gasteiger partial charge on any atom is -0.376 e. The zero-order valence-electron chi connectivity index (χ0n) is 6.51. The predicted molar refractivity (Wildman–Crippen MR) is 39.4 cm³/mol. The lowest BCUT2D eigenvalue weighted by atomic mass is 10.3. The first-order valence-electron chi connectivity index (χ1n) is 3.89. The third kappa shape index (κ3) is 3.65. The van der Waals surface area contributed by atoms with Gasteiger partial charge in [-0.2, -0.15) is 0 Å². The van der Waals surface area contributed by atoms with Gasteiger partial charge < -0.3 is 14.8 Å². The van der Waals surface area contributed by atoms with E-state index in [1.807, 2.05) is 0 Å². The van der Waals surface area contributed by atoms with Gasteiger partial charge in [0.15, 0.2) is 0 Å². The van der Waals surface area contributed by atoms with Crippen LogP contribution in [0.15, 0.2) is 0 Å². The topological polar surface area (TPSA) is 30.5 Å². The molecule has 1 heterocycles. The molecule has 1 aliphatic heterocycles. The number of nitrogens with one attached hydrogen (secondary N) is 1. The smallest absolute Gasteiger partial charge is 0.113 e. The number of hydrogen-bond acceptors (Lipinski definition) is 3. The van der Waals surface area contributed by atoms with E-state index in [1.54, 1.807) is 0 Å². The molecule has 1 fully saturated rings. The highest BCUT2D eigenvalue weighted by atomic mass is 19.1. The van der Waals surface area contributed by atoms with Crippen molar-refractivity contribution in [3.05, 3.63) is 0 Å². The van der Waals surface area contributed by atoms with Gasteiger partial charge in [0, 0.05) is 13.1 Å². The molecule has 0 aromatic rings. The van der Waals surface area contributed by atoms with E-state index >= 15 is 0 Å². The van der Waals surface area contributed by atoms with E-state index in [1.165, 1.54) is 0 Å². The summed E-state index contributed by atoms with van der Waals surface area (Å²) in [5, 5.41) is 3.16. The van der Waals surface area contributed by atoms with Crippen molar-refractivity contribution in [2.24, 2.45) is 0 Å². The molecule has 66 valence electrons. The van der Waals surface area contributed by atoms with Crippen LogP contribution in [0.3, 0.4) is 0 Å². The average Bonchev–Trinajstić information content (AvgIpc) is 2.07. The minimum absolute atomic E-state index is 0.107. The Hall–Kier alpha value is -0.190. The van der Waals surface area contributed by atoms with Crippen LogP contribution in [-0.2, 0) is 9.47 Å². The first-order valence-corrected chi connectivity index (χ1v) is 3.89. The van der Waals surface area contributed by atoms with E-state index in [4.69, 9.17) is 9.47 Å². The number of hydrogen-bond donors (Lipinski definition) is 1. The Morgan fingerprint density at radius 3 is 3.18 bits per heavy atom. The molecule has 0 aliphatic carbocycles. The lowest BCUT2D eigenvalue weighted by Gasteiger charge is -2.23. The van der Waals surface area contributed by atoms with Crippen molar-refractivity contribution in [1.29, 1.82) is 0 Å². The van der Waals surface area contributed by atoms with Gasteiger partial charge in [0.1, 0.15) is 6.67 Å². The average molecular weight is 163 g/mol. The monoisotopic (exact) mass is 163 g/mol. The van der Waals surface area contributed by atoms with Crippen LogP contribution >= 0.6 is 0 Å². The van der Waals surface area contributed by atoms with Crippen LogP contribution < -0.4 is 5.32 Å². The molecule has 0 radical (unpaired) electrons. The van der Waals surface area contributed by atoms with E-state index in [2.05, 4.69) is 5.32 Å². The van der Waals surface area contributed by atoms with Crippen LogP contribution in [0, 0.1) is 0 Å². The lowest BCUT2D eigenvalue weighted by molar-refractivity contribution is -0.0332. The summed E-state index contributed by atoms with van der Waals surface area (Å²) in [7, 11) is 0. The molecule has 1 atom stereocenters. The highest BCUT2D eigenvalue weighted by Crippen LogP contribution is 1.96. The second-order valence-corrected chi connectivity index (χ2v) is 2.46. The van der Waals surface area contributed by atoms with Gasteiger partial charge in [-0.1, -0.05) is 0 Å². The molecular weight excluding hydrogens is 149 g/mol. The van der Waals surface area contributed by atoms with Crippen LogP contribution in [0.5, 0.6) is 0 Å². The maximum Gasteiger partial charge on any atom is 0.113 e. The summed E-state index contributed by atoms with van der Waals surface area (Å²) in [6.07, 6.45) is 0.107. The Bertz CT molecular complexity index is 96.4. The number of halogens is 1. The highest BCUT2D eigenvalue weighted by molar-refractivity contribution is 4.65. The van der Waals surface area contributed by atoms with Gasteiger partial charge in [0.25, 0.3) is 0 Å². The van der Waals surface area contributed by atoms with Gasteiger partial charge in [-0.25, -0.2) is 4.39 Å². The standard InChI is InChI=1S/C7H14FNO2/c8-1-3-10-6-7-5-9-2-4-11-7/h7,9H,1-6H2. The molecule has 0 spiro atoms. The normalized spacial score (nSPS) is 25.4. The van der Waals surface area contributed by atoms with Crippen LogP contribution in [0.4, 0.5) is 4.39 Å². The van der Waals surface area contributed by atoms with Crippen molar-refractivity contribution in [2.75, 3.05) is 39.6 Å². The Balaban J connectivity index is 1.96. The van der Waals surface area contributed by atoms with Crippen molar-refractivity contribution in [2.45, 2.75) is 6.10 Å². The molecule has 1 saturated heterocycles. The van der Waals surface area contributed by atoms with Crippen molar-refractivity contribution < 1.29 is 13.9 Å². The molecular formula is C7H14FNO2. The molecule has 4 heteroatoms. The quantitative estimate of drug-likeness (QED) is 0.590. The molecule has 1 N–H and O–H groups in total. The Kier molecular flexibility index (Phi) is 4.42. The summed E-state index contributed by atoms with van der Waals surface area (Å²) in [6.45, 7) is 2.70. The molecule has 0 saturated carbocycles. The van der Waals surface area contributed by atoms with Gasteiger partial charge in [-0.05, 0) is 0 Å². The van der Waals surface area contributed by atoms with Crippen molar-refractivity contribution in [3.63, 3.8) is 0 Å². The van der Waals surface area contributed by atoms with Gasteiger partial charge in [-0.15, -0.1) is 0 Å². The first kappa shape index (κ1) is 8.90. The molecule has 0 amide bonds. The summed E-state index contributed by atoms with van der Waals surface area (Å²) in [4.78, 5) is 0. The fraction of sp³-hybridized carbons (Fsp3) is 1.00. The molecule has 1 aliphatic rings. The maximum absolute atomic E-state index is 11.6. The molecule has 0 bridgehead atoms. The second-order valence-electron chi connectivity index (χ2n) is 2.46. The third-order valence-corrected chi connectivity index (χ3v) is 1.53. The van der Waals surface area contributed by atoms with E-state index in [-0.39, 0.29) is 12.7 Å². The fourth-order valence-corrected chi connectivity index (χ4v) is 0.996. The summed E-state index contributed by atoms with van der Waals surface area (Å²) in [5.41, 5.74) is 0. The van der Waals surface area contributed by atoms with Crippen LogP contribution in [0.25, 0.3) is 0 Å². The van der Waals surface area contributed by atoms with Crippen molar-refractivity contribution in [3.8, 4) is 0 Å². The van der Waals surface area contributed by atoms with Crippen LogP contribution in [0.1, 0.15) is 0 Å². The van der Waals surface area contributed by atoms with Crippen LogP contribution in [0.2, 0.25) is 0 Å². The largest absolute Gasteiger partial charge is 0.376 e. The highest BCUT2D eigenvalue weighted by Gasteiger charge is 2.12.